The number of allylic oxidation sites excluding steroid dienone is 2. The number of carbonyl (C=O) groups is 1. The first-order chi connectivity index (χ1) is 10.3. The summed E-state index contributed by atoms with van der Waals surface area (Å²) >= 11 is 0. The van der Waals surface area contributed by atoms with Gasteiger partial charge in [-0.3, -0.25) is 4.79 Å². The van der Waals surface area contributed by atoms with E-state index >= 15 is 0 Å². The molecular formula is C16H25N3O2. The third-order valence-electron chi connectivity index (χ3n) is 4.22. The van der Waals surface area contributed by atoms with Crippen LogP contribution in [0.4, 0.5) is 0 Å². The number of imidazole rings is 1. The molecule has 5 nitrogen and oxygen atoms in total. The van der Waals surface area contributed by atoms with Crippen molar-refractivity contribution in [2.45, 2.75) is 57.3 Å². The van der Waals surface area contributed by atoms with Gasteiger partial charge in [-0.15, -0.1) is 0 Å². The number of aromatic nitrogens is 2. The van der Waals surface area contributed by atoms with E-state index in [1.807, 2.05) is 12.4 Å². The lowest BCUT2D eigenvalue weighted by molar-refractivity contribution is -0.144. The first-order valence-corrected chi connectivity index (χ1v) is 7.86. The Labute approximate surface area is 125 Å². The summed E-state index contributed by atoms with van der Waals surface area (Å²) in [5, 5.41) is 0. The summed E-state index contributed by atoms with van der Waals surface area (Å²) in [6.45, 7) is 0. The molecular weight excluding hydrogens is 266 g/mol. The van der Waals surface area contributed by atoms with Crippen LogP contribution in [0.5, 0.6) is 0 Å². The maximum atomic E-state index is 11.0. The molecule has 2 rings (SSSR count). The number of nitrogens with two attached hydrogens (primary N) is 1. The van der Waals surface area contributed by atoms with Crippen molar-refractivity contribution in [2.75, 3.05) is 0 Å². The maximum Gasteiger partial charge on any atom is 0.324 e. The summed E-state index contributed by atoms with van der Waals surface area (Å²) in [5.41, 5.74) is 0. The highest BCUT2D eigenvalue weighted by Crippen LogP contribution is 2.35. The predicted molar refractivity (Wildman–Crippen MR) is 81.2 cm³/mol. The van der Waals surface area contributed by atoms with Gasteiger partial charge >= 0.3 is 5.97 Å². The standard InChI is InChI=1S/C16H25N3O2/c17-21-15(20)10-6-2-5-9-14(16-18-11-12-19-16)13-7-3-1-4-8-13/h5,9,11-14H,1-4,6-8,10,17H2,(H,18,19). The number of hydrogen-bond donors (Lipinski definition) is 2. The van der Waals surface area contributed by atoms with Gasteiger partial charge in [-0.1, -0.05) is 31.4 Å². The van der Waals surface area contributed by atoms with E-state index in [0.717, 1.165) is 18.7 Å². The van der Waals surface area contributed by atoms with Crippen LogP contribution in [0.2, 0.25) is 0 Å². The Kier molecular flexibility index (Phi) is 6.47. The van der Waals surface area contributed by atoms with Gasteiger partial charge in [0.15, 0.2) is 0 Å². The smallest absolute Gasteiger partial charge is 0.324 e. The number of H-pyrrole nitrogens is 1. The minimum Gasteiger partial charge on any atom is -0.373 e. The fourth-order valence-electron chi connectivity index (χ4n) is 3.09. The van der Waals surface area contributed by atoms with E-state index in [1.165, 1.54) is 32.1 Å². The van der Waals surface area contributed by atoms with Gasteiger partial charge in [0, 0.05) is 24.7 Å². The van der Waals surface area contributed by atoms with Gasteiger partial charge < -0.3 is 9.82 Å². The third-order valence-corrected chi connectivity index (χ3v) is 4.22. The molecule has 1 unspecified atom stereocenters. The Morgan fingerprint density at radius 2 is 2.29 bits per heavy atom. The van der Waals surface area contributed by atoms with E-state index < -0.39 is 0 Å². The Bertz CT molecular complexity index is 436. The predicted octanol–water partition coefficient (Wildman–Crippen LogP) is 3.22. The van der Waals surface area contributed by atoms with Crippen LogP contribution in [0, 0.1) is 5.92 Å². The highest BCUT2D eigenvalue weighted by molar-refractivity contribution is 5.68. The summed E-state index contributed by atoms with van der Waals surface area (Å²) in [5.74, 6) is 6.56. The van der Waals surface area contributed by atoms with Crippen LogP contribution in [0.3, 0.4) is 0 Å². The van der Waals surface area contributed by atoms with Crippen LogP contribution in [-0.2, 0) is 9.63 Å². The molecule has 116 valence electrons. The van der Waals surface area contributed by atoms with Crippen molar-refractivity contribution < 1.29 is 9.63 Å². The molecule has 1 heterocycles. The first kappa shape index (κ1) is 15.8. The molecule has 3 N–H and O–H groups in total. The second-order valence-corrected chi connectivity index (χ2v) is 5.71. The van der Waals surface area contributed by atoms with Gasteiger partial charge in [0.05, 0.1) is 0 Å². The normalized spacial score (nSPS) is 18.0. The largest absolute Gasteiger partial charge is 0.373 e. The Morgan fingerprint density at radius 3 is 2.95 bits per heavy atom. The second kappa shape index (κ2) is 8.62. The van der Waals surface area contributed by atoms with Gasteiger partial charge in [0.2, 0.25) is 0 Å². The lowest BCUT2D eigenvalue weighted by Crippen LogP contribution is -2.16. The molecule has 0 saturated heterocycles. The number of nitrogens with one attached hydrogen (secondary N) is 1. The Hall–Kier alpha value is -1.62. The highest BCUT2D eigenvalue weighted by Gasteiger charge is 2.24. The van der Waals surface area contributed by atoms with Gasteiger partial charge in [-0.05, 0) is 31.6 Å². The molecule has 0 spiro atoms. The lowest BCUT2D eigenvalue weighted by atomic mass is 9.79. The van der Waals surface area contributed by atoms with E-state index in [9.17, 15) is 4.79 Å². The van der Waals surface area contributed by atoms with Crippen LogP contribution in [-0.4, -0.2) is 15.9 Å². The zero-order valence-corrected chi connectivity index (χ0v) is 12.5. The van der Waals surface area contributed by atoms with Crippen molar-refractivity contribution in [3.8, 4) is 0 Å². The average molecular weight is 291 g/mol. The van der Waals surface area contributed by atoms with Crippen LogP contribution in [0.1, 0.15) is 63.1 Å². The SMILES string of the molecule is NOC(=O)CCCC=CC(c1ncc[nH]1)C1CCCCC1. The van der Waals surface area contributed by atoms with Crippen molar-refractivity contribution in [3.05, 3.63) is 30.4 Å². The van der Waals surface area contributed by atoms with Crippen LogP contribution < -0.4 is 5.90 Å². The molecule has 1 atom stereocenters. The van der Waals surface area contributed by atoms with Crippen molar-refractivity contribution in [3.63, 3.8) is 0 Å². The lowest BCUT2D eigenvalue weighted by Gasteiger charge is -2.27. The van der Waals surface area contributed by atoms with E-state index in [1.54, 1.807) is 0 Å². The molecule has 0 amide bonds. The van der Waals surface area contributed by atoms with E-state index in [2.05, 4.69) is 27.0 Å². The zero-order chi connectivity index (χ0) is 14.9. The first-order valence-electron chi connectivity index (χ1n) is 7.86. The second-order valence-electron chi connectivity index (χ2n) is 5.71. The molecule has 1 saturated carbocycles. The summed E-state index contributed by atoms with van der Waals surface area (Å²) in [6.07, 6.45) is 16.6. The van der Waals surface area contributed by atoms with Gasteiger partial charge in [0.1, 0.15) is 5.82 Å². The number of hydrogen-bond acceptors (Lipinski definition) is 4. The average Bonchev–Trinajstić information content (AvgIpc) is 3.05. The third kappa shape index (κ3) is 5.01. The minimum absolute atomic E-state index is 0.349. The number of aromatic amines is 1. The quantitative estimate of drug-likeness (QED) is 0.459. The van der Waals surface area contributed by atoms with Gasteiger partial charge in [-0.2, -0.15) is 5.90 Å². The number of carbonyl (C=O) groups excluding carboxylic acids is 1. The van der Waals surface area contributed by atoms with Crippen molar-refractivity contribution in [1.29, 1.82) is 0 Å². The molecule has 1 aromatic heterocycles. The van der Waals surface area contributed by atoms with E-state index in [4.69, 9.17) is 5.90 Å². The molecule has 0 bridgehead atoms. The number of nitrogens with zero attached hydrogens (tertiary/aromatic N) is 1. The molecule has 1 aromatic rings. The Morgan fingerprint density at radius 1 is 1.48 bits per heavy atom. The molecule has 0 radical (unpaired) electrons. The Balaban J connectivity index is 1.88. The molecule has 1 aliphatic rings. The van der Waals surface area contributed by atoms with Crippen molar-refractivity contribution in [2.24, 2.45) is 11.8 Å². The van der Waals surface area contributed by atoms with Gasteiger partial charge in [-0.25, -0.2) is 4.98 Å². The summed E-state index contributed by atoms with van der Waals surface area (Å²) < 4.78 is 0. The van der Waals surface area contributed by atoms with Crippen LogP contribution in [0.25, 0.3) is 0 Å². The summed E-state index contributed by atoms with van der Waals surface area (Å²) in [7, 11) is 0. The summed E-state index contributed by atoms with van der Waals surface area (Å²) in [6, 6.07) is 0. The molecule has 1 aliphatic carbocycles. The molecule has 0 aromatic carbocycles. The van der Waals surface area contributed by atoms with Crippen LogP contribution in [0.15, 0.2) is 24.5 Å². The fraction of sp³-hybridized carbons (Fsp3) is 0.625. The van der Waals surface area contributed by atoms with Crippen molar-refractivity contribution >= 4 is 5.97 Å². The summed E-state index contributed by atoms with van der Waals surface area (Å²) in [4.78, 5) is 22.8. The number of unbranched alkanes of at least 4 members (excludes halogenated alkanes) is 1. The highest BCUT2D eigenvalue weighted by atomic mass is 16.7. The molecule has 1 fully saturated rings. The zero-order valence-electron chi connectivity index (χ0n) is 12.5. The molecule has 21 heavy (non-hydrogen) atoms. The fourth-order valence-corrected chi connectivity index (χ4v) is 3.09. The monoisotopic (exact) mass is 291 g/mol. The van der Waals surface area contributed by atoms with E-state index in [0.29, 0.717) is 18.3 Å². The van der Waals surface area contributed by atoms with Crippen LogP contribution >= 0.6 is 0 Å². The minimum atomic E-state index is -0.349. The number of rotatable bonds is 7. The van der Waals surface area contributed by atoms with Crippen molar-refractivity contribution in [1.82, 2.24) is 9.97 Å². The molecule has 0 aliphatic heterocycles. The molecule has 5 heteroatoms. The van der Waals surface area contributed by atoms with E-state index in [-0.39, 0.29) is 5.97 Å². The van der Waals surface area contributed by atoms with Gasteiger partial charge in [0.25, 0.3) is 0 Å². The topological polar surface area (TPSA) is 81.0 Å². The maximum absolute atomic E-state index is 11.0.